The van der Waals surface area contributed by atoms with Crippen molar-refractivity contribution in [3.05, 3.63) is 18.2 Å². The number of carbonyl (C=O) groups is 5. The molecule has 4 unspecified atom stereocenters. The second-order valence-corrected chi connectivity index (χ2v) is 8.05. The van der Waals surface area contributed by atoms with Crippen LogP contribution in [0, 0.1) is 0 Å². The van der Waals surface area contributed by atoms with E-state index in [2.05, 4.69) is 30.9 Å². The number of aromatic amines is 1. The molecule has 0 radical (unpaired) electrons. The molecule has 1 aromatic heterocycles. The lowest BCUT2D eigenvalue weighted by atomic mass is 10.1. The second kappa shape index (κ2) is 15.7. The zero-order valence-electron chi connectivity index (χ0n) is 20.1. The minimum absolute atomic E-state index is 0.0219. The molecule has 1 aromatic rings. The number of aliphatic imine (C=N–C) groups is 1. The Balaban J connectivity index is 3.01. The lowest BCUT2D eigenvalue weighted by molar-refractivity contribution is -0.142. The van der Waals surface area contributed by atoms with E-state index in [0.717, 1.165) is 0 Å². The highest BCUT2D eigenvalue weighted by Gasteiger charge is 2.30. The molecule has 17 nitrogen and oxygen atoms in total. The van der Waals surface area contributed by atoms with Crippen LogP contribution < -0.4 is 38.9 Å². The maximum Gasteiger partial charge on any atom is 0.326 e. The number of carbonyl (C=O) groups excluding carboxylic acids is 4. The molecule has 0 bridgehead atoms. The van der Waals surface area contributed by atoms with Gasteiger partial charge in [0.2, 0.25) is 23.6 Å². The lowest BCUT2D eigenvalue weighted by Crippen LogP contribution is -2.58. The minimum atomic E-state index is -1.37. The molecule has 206 valence electrons. The van der Waals surface area contributed by atoms with Gasteiger partial charge in [-0.15, -0.1) is 0 Å². The number of hydrogen-bond donors (Lipinski definition) is 10. The van der Waals surface area contributed by atoms with Crippen LogP contribution in [0.4, 0.5) is 0 Å². The lowest BCUT2D eigenvalue weighted by Gasteiger charge is -2.24. The number of aliphatic hydroxyl groups excluding tert-OH is 1. The number of aromatic nitrogens is 2. The van der Waals surface area contributed by atoms with Gasteiger partial charge in [0, 0.05) is 31.3 Å². The number of carboxylic acid groups (broad SMARTS) is 1. The Kier molecular flexibility index (Phi) is 13.0. The number of nitrogens with one attached hydrogen (secondary N) is 4. The van der Waals surface area contributed by atoms with Gasteiger partial charge in [0.1, 0.15) is 24.2 Å². The van der Waals surface area contributed by atoms with Gasteiger partial charge in [0.25, 0.3) is 0 Å². The molecule has 0 spiro atoms. The normalized spacial score (nSPS) is 13.9. The van der Waals surface area contributed by atoms with Crippen molar-refractivity contribution in [2.75, 3.05) is 13.2 Å². The molecule has 4 amide bonds. The van der Waals surface area contributed by atoms with Crippen LogP contribution in [0.2, 0.25) is 0 Å². The third kappa shape index (κ3) is 11.8. The zero-order valence-corrected chi connectivity index (χ0v) is 20.1. The van der Waals surface area contributed by atoms with E-state index >= 15 is 0 Å². The van der Waals surface area contributed by atoms with Gasteiger partial charge in [-0.2, -0.15) is 0 Å². The van der Waals surface area contributed by atoms with Crippen LogP contribution in [-0.4, -0.2) is 93.1 Å². The van der Waals surface area contributed by atoms with Gasteiger partial charge in [-0.1, -0.05) is 0 Å². The number of imidazole rings is 1. The maximum absolute atomic E-state index is 13.1. The highest BCUT2D eigenvalue weighted by atomic mass is 16.4. The molecular formula is C20H34N10O7. The number of nitrogens with two attached hydrogens (primary N) is 4. The molecule has 17 heteroatoms. The van der Waals surface area contributed by atoms with Crippen LogP contribution in [0.25, 0.3) is 0 Å². The summed E-state index contributed by atoms with van der Waals surface area (Å²) in [6.45, 7) is -0.539. The first-order valence-electron chi connectivity index (χ1n) is 11.3. The SMILES string of the molecule is NC(=O)CCC(NC(=O)C(Cc1cnc[nH]1)NC(=O)C(N)CO)C(=O)NC(CCCN=C(N)N)C(=O)O. The summed E-state index contributed by atoms with van der Waals surface area (Å²) in [5.74, 6) is -4.80. The Morgan fingerprint density at radius 1 is 0.973 bits per heavy atom. The first kappa shape index (κ1) is 30.8. The largest absolute Gasteiger partial charge is 0.480 e. The number of amides is 4. The minimum Gasteiger partial charge on any atom is -0.480 e. The molecular weight excluding hydrogens is 492 g/mol. The van der Waals surface area contributed by atoms with E-state index in [1.54, 1.807) is 0 Å². The fourth-order valence-electron chi connectivity index (χ4n) is 3.05. The van der Waals surface area contributed by atoms with E-state index in [4.69, 9.17) is 28.0 Å². The first-order valence-corrected chi connectivity index (χ1v) is 11.3. The second-order valence-electron chi connectivity index (χ2n) is 8.05. The van der Waals surface area contributed by atoms with Gasteiger partial charge < -0.3 is 54.1 Å². The van der Waals surface area contributed by atoms with Crippen molar-refractivity contribution in [2.24, 2.45) is 27.9 Å². The van der Waals surface area contributed by atoms with E-state index in [1.165, 1.54) is 12.5 Å². The van der Waals surface area contributed by atoms with Crippen molar-refractivity contribution < 1.29 is 34.2 Å². The average molecular weight is 527 g/mol. The Hall–Kier alpha value is -4.25. The van der Waals surface area contributed by atoms with Crippen molar-refractivity contribution in [3.8, 4) is 0 Å². The molecule has 0 aliphatic carbocycles. The summed E-state index contributed by atoms with van der Waals surface area (Å²) in [5, 5.41) is 25.7. The van der Waals surface area contributed by atoms with Crippen molar-refractivity contribution in [1.29, 1.82) is 0 Å². The van der Waals surface area contributed by atoms with Crippen LogP contribution in [-0.2, 0) is 30.4 Å². The molecule has 0 saturated heterocycles. The van der Waals surface area contributed by atoms with Crippen molar-refractivity contribution in [2.45, 2.75) is 56.3 Å². The van der Waals surface area contributed by atoms with Gasteiger partial charge >= 0.3 is 5.97 Å². The van der Waals surface area contributed by atoms with Crippen LogP contribution in [0.15, 0.2) is 17.5 Å². The maximum atomic E-state index is 13.1. The van der Waals surface area contributed by atoms with Crippen LogP contribution in [0.5, 0.6) is 0 Å². The molecule has 14 N–H and O–H groups in total. The number of H-pyrrole nitrogens is 1. The van der Waals surface area contributed by atoms with Gasteiger partial charge in [-0.3, -0.25) is 24.2 Å². The standard InChI is InChI=1S/C20H34N10O7/c21-11(8-31)16(33)30-14(6-10-7-25-9-27-10)18(35)28-12(3-4-15(22)32)17(34)29-13(19(36)37)2-1-5-26-20(23)24/h7,9,11-14,31H,1-6,8,21H2,(H2,22,32)(H,25,27)(H,28,35)(H,29,34)(H,30,33)(H,36,37)(H4,23,24,26). The molecule has 0 saturated carbocycles. The number of aliphatic hydroxyl groups is 1. The van der Waals surface area contributed by atoms with Crippen molar-refractivity contribution >= 4 is 35.6 Å². The Labute approximate surface area is 211 Å². The monoisotopic (exact) mass is 526 g/mol. The Morgan fingerprint density at radius 3 is 2.14 bits per heavy atom. The first-order chi connectivity index (χ1) is 17.4. The topological polar surface area (TPSA) is 307 Å². The molecule has 1 heterocycles. The van der Waals surface area contributed by atoms with Crippen LogP contribution in [0.1, 0.15) is 31.4 Å². The molecule has 0 fully saturated rings. The molecule has 1 rings (SSSR count). The number of nitrogens with zero attached hydrogens (tertiary/aromatic N) is 2. The molecule has 0 aliphatic heterocycles. The quantitative estimate of drug-likeness (QED) is 0.0521. The smallest absolute Gasteiger partial charge is 0.326 e. The number of primary amides is 1. The number of hydrogen-bond acceptors (Lipinski definition) is 9. The van der Waals surface area contributed by atoms with E-state index in [9.17, 15) is 29.1 Å². The summed E-state index contributed by atoms with van der Waals surface area (Å²) in [6.07, 6.45) is 2.36. The van der Waals surface area contributed by atoms with E-state index in [1.807, 2.05) is 0 Å². The number of rotatable bonds is 17. The third-order valence-electron chi connectivity index (χ3n) is 5.02. The third-order valence-corrected chi connectivity index (χ3v) is 5.02. The fraction of sp³-hybridized carbons (Fsp3) is 0.550. The molecule has 4 atom stereocenters. The molecule has 0 aliphatic rings. The summed E-state index contributed by atoms with van der Waals surface area (Å²) >= 11 is 0. The summed E-state index contributed by atoms with van der Waals surface area (Å²) in [5.41, 5.74) is 21.6. The van der Waals surface area contributed by atoms with E-state index < -0.39 is 60.4 Å². The number of guanidine groups is 1. The Morgan fingerprint density at radius 2 is 1.59 bits per heavy atom. The summed E-state index contributed by atoms with van der Waals surface area (Å²) in [7, 11) is 0. The highest BCUT2D eigenvalue weighted by Crippen LogP contribution is 2.05. The van der Waals surface area contributed by atoms with Crippen molar-refractivity contribution in [1.82, 2.24) is 25.9 Å². The van der Waals surface area contributed by atoms with Gasteiger partial charge in [-0.05, 0) is 19.3 Å². The predicted octanol–water partition coefficient (Wildman–Crippen LogP) is -4.87. The van der Waals surface area contributed by atoms with Crippen LogP contribution >= 0.6 is 0 Å². The van der Waals surface area contributed by atoms with E-state index in [-0.39, 0.29) is 44.6 Å². The highest BCUT2D eigenvalue weighted by molar-refractivity contribution is 5.94. The predicted molar refractivity (Wildman–Crippen MR) is 129 cm³/mol. The molecule has 0 aromatic carbocycles. The van der Waals surface area contributed by atoms with Crippen LogP contribution in [0.3, 0.4) is 0 Å². The number of carboxylic acids is 1. The summed E-state index contributed by atoms with van der Waals surface area (Å²) in [4.78, 5) is 71.4. The summed E-state index contributed by atoms with van der Waals surface area (Å²) < 4.78 is 0. The van der Waals surface area contributed by atoms with Gasteiger partial charge in [-0.25, -0.2) is 9.78 Å². The van der Waals surface area contributed by atoms with Gasteiger partial charge in [0.05, 0.1) is 12.9 Å². The average Bonchev–Trinajstić information content (AvgIpc) is 3.34. The molecule has 37 heavy (non-hydrogen) atoms. The van der Waals surface area contributed by atoms with E-state index in [0.29, 0.717) is 5.69 Å². The number of aliphatic carboxylic acids is 1. The van der Waals surface area contributed by atoms with Gasteiger partial charge in [0.15, 0.2) is 5.96 Å². The zero-order chi connectivity index (χ0) is 28.0. The fourth-order valence-corrected chi connectivity index (χ4v) is 3.05. The Bertz CT molecular complexity index is 949. The van der Waals surface area contributed by atoms with Crippen molar-refractivity contribution in [3.63, 3.8) is 0 Å². The summed E-state index contributed by atoms with van der Waals surface area (Å²) in [6, 6.07) is -5.27.